The van der Waals surface area contributed by atoms with Gasteiger partial charge in [0.2, 0.25) is 0 Å². The van der Waals surface area contributed by atoms with Gasteiger partial charge in [0.1, 0.15) is 6.10 Å². The molecule has 0 heterocycles. The third-order valence-electron chi connectivity index (χ3n) is 5.38. The van der Waals surface area contributed by atoms with Crippen LogP contribution in [0.25, 0.3) is 0 Å². The van der Waals surface area contributed by atoms with Crippen LogP contribution in [-0.4, -0.2) is 35.2 Å². The molecule has 0 aliphatic rings. The number of aliphatic hydroxyl groups is 1. The summed E-state index contributed by atoms with van der Waals surface area (Å²) in [6, 6.07) is 29.9. The van der Waals surface area contributed by atoms with Gasteiger partial charge in [0.05, 0.1) is 12.7 Å². The van der Waals surface area contributed by atoms with E-state index >= 15 is 0 Å². The quantitative estimate of drug-likeness (QED) is 0.394. The van der Waals surface area contributed by atoms with Crippen LogP contribution in [0, 0.1) is 0 Å². The molecular weight excluding hydrogens is 386 g/mol. The Kier molecular flexibility index (Phi) is 8.16. The number of benzene rings is 3. The van der Waals surface area contributed by atoms with E-state index in [4.69, 9.17) is 4.74 Å². The minimum absolute atomic E-state index is 0.0644. The van der Waals surface area contributed by atoms with Crippen LogP contribution in [-0.2, 0) is 29.0 Å². The predicted octanol–water partition coefficient (Wildman–Crippen LogP) is 4.39. The number of hydrogen-bond donors (Lipinski definition) is 1. The summed E-state index contributed by atoms with van der Waals surface area (Å²) in [5.74, 6) is -0.593. The van der Waals surface area contributed by atoms with Crippen molar-refractivity contribution in [3.05, 3.63) is 120 Å². The summed E-state index contributed by atoms with van der Waals surface area (Å²) < 4.78 is 4.83. The zero-order chi connectivity index (χ0) is 22.1. The van der Waals surface area contributed by atoms with Crippen LogP contribution in [0.1, 0.15) is 16.7 Å². The number of aliphatic hydroxyl groups excluding tert-OH is 1. The van der Waals surface area contributed by atoms with Crippen LogP contribution < -0.4 is 0 Å². The molecule has 0 radical (unpaired) electrons. The fraction of sp³-hybridized carbons (Fsp3) is 0.222. The molecule has 3 aromatic carbocycles. The van der Waals surface area contributed by atoms with Crippen molar-refractivity contribution in [3.8, 4) is 0 Å². The standard InChI is InChI=1S/C27H29NO3/c1-21(27(30)31-2)26(29)25(18-22-12-6-3-7-13-22)28(19-23-14-8-4-9-15-23)20-24-16-10-5-11-17-24/h3-17,25-26,29H,1,18-20H2,2H3/t25-,26?/m0/s1. The number of methoxy groups -OCH3 is 1. The Morgan fingerprint density at radius 1 is 0.839 bits per heavy atom. The highest BCUT2D eigenvalue weighted by atomic mass is 16.5. The molecule has 0 saturated heterocycles. The molecule has 160 valence electrons. The lowest BCUT2D eigenvalue weighted by Crippen LogP contribution is -2.46. The van der Waals surface area contributed by atoms with Gasteiger partial charge in [-0.1, -0.05) is 97.6 Å². The average Bonchev–Trinajstić information content (AvgIpc) is 2.82. The Morgan fingerprint density at radius 2 is 1.26 bits per heavy atom. The Bertz CT molecular complexity index is 916. The Labute approximate surface area is 184 Å². The summed E-state index contributed by atoms with van der Waals surface area (Å²) in [4.78, 5) is 14.4. The predicted molar refractivity (Wildman–Crippen MR) is 123 cm³/mol. The van der Waals surface area contributed by atoms with Gasteiger partial charge in [-0.3, -0.25) is 4.90 Å². The number of esters is 1. The number of carbonyl (C=O) groups is 1. The van der Waals surface area contributed by atoms with E-state index in [0.29, 0.717) is 19.5 Å². The van der Waals surface area contributed by atoms with E-state index in [2.05, 4.69) is 35.7 Å². The van der Waals surface area contributed by atoms with Crippen LogP contribution >= 0.6 is 0 Å². The van der Waals surface area contributed by atoms with Gasteiger partial charge in [-0.25, -0.2) is 4.79 Å². The second-order valence-corrected chi connectivity index (χ2v) is 7.59. The molecular formula is C27H29NO3. The van der Waals surface area contributed by atoms with Crippen LogP contribution in [0.15, 0.2) is 103 Å². The molecule has 1 unspecified atom stereocenters. The van der Waals surface area contributed by atoms with Crippen molar-refractivity contribution < 1.29 is 14.6 Å². The van der Waals surface area contributed by atoms with Gasteiger partial charge in [0.25, 0.3) is 0 Å². The summed E-state index contributed by atoms with van der Waals surface area (Å²) in [5.41, 5.74) is 3.41. The van der Waals surface area contributed by atoms with Crippen molar-refractivity contribution in [1.82, 2.24) is 4.90 Å². The van der Waals surface area contributed by atoms with Crippen LogP contribution in [0.2, 0.25) is 0 Å². The first kappa shape index (κ1) is 22.5. The van der Waals surface area contributed by atoms with E-state index in [9.17, 15) is 9.90 Å². The van der Waals surface area contributed by atoms with Crippen molar-refractivity contribution in [2.75, 3.05) is 7.11 Å². The molecule has 4 nitrogen and oxygen atoms in total. The van der Waals surface area contributed by atoms with E-state index < -0.39 is 12.1 Å². The molecule has 31 heavy (non-hydrogen) atoms. The van der Waals surface area contributed by atoms with Crippen LogP contribution in [0.4, 0.5) is 0 Å². The molecule has 0 aliphatic carbocycles. The average molecular weight is 416 g/mol. The number of nitrogens with zero attached hydrogens (tertiary/aromatic N) is 1. The zero-order valence-electron chi connectivity index (χ0n) is 17.9. The maximum absolute atomic E-state index is 12.1. The topological polar surface area (TPSA) is 49.8 Å². The Morgan fingerprint density at radius 3 is 1.68 bits per heavy atom. The number of carbonyl (C=O) groups excluding carboxylic acids is 1. The number of ether oxygens (including phenoxy) is 1. The largest absolute Gasteiger partial charge is 0.466 e. The third kappa shape index (κ3) is 6.38. The fourth-order valence-corrected chi connectivity index (χ4v) is 3.71. The zero-order valence-corrected chi connectivity index (χ0v) is 17.9. The lowest BCUT2D eigenvalue weighted by atomic mass is 9.94. The summed E-state index contributed by atoms with van der Waals surface area (Å²) in [7, 11) is 1.30. The van der Waals surface area contributed by atoms with Gasteiger partial charge in [0.15, 0.2) is 0 Å². The normalized spacial score (nSPS) is 12.9. The Balaban J connectivity index is 1.97. The van der Waals surface area contributed by atoms with Crippen molar-refractivity contribution in [2.24, 2.45) is 0 Å². The molecule has 0 saturated carbocycles. The molecule has 0 amide bonds. The first-order chi connectivity index (χ1) is 15.1. The highest BCUT2D eigenvalue weighted by Gasteiger charge is 2.31. The lowest BCUT2D eigenvalue weighted by Gasteiger charge is -2.35. The highest BCUT2D eigenvalue weighted by Crippen LogP contribution is 2.22. The first-order valence-corrected chi connectivity index (χ1v) is 10.4. The van der Waals surface area contributed by atoms with Crippen LogP contribution in [0.3, 0.4) is 0 Å². The van der Waals surface area contributed by atoms with Gasteiger partial charge in [-0.05, 0) is 23.1 Å². The highest BCUT2D eigenvalue weighted by molar-refractivity contribution is 5.88. The second kappa shape index (κ2) is 11.3. The summed E-state index contributed by atoms with van der Waals surface area (Å²) >= 11 is 0. The molecule has 2 atom stereocenters. The lowest BCUT2D eigenvalue weighted by molar-refractivity contribution is -0.137. The van der Waals surface area contributed by atoms with E-state index in [-0.39, 0.29) is 11.6 Å². The Hall–Kier alpha value is -3.21. The molecule has 0 aliphatic heterocycles. The van der Waals surface area contributed by atoms with Gasteiger partial charge in [-0.15, -0.1) is 0 Å². The van der Waals surface area contributed by atoms with E-state index in [0.717, 1.165) is 16.7 Å². The molecule has 0 bridgehead atoms. The van der Waals surface area contributed by atoms with Gasteiger partial charge in [0, 0.05) is 19.1 Å². The molecule has 0 fully saturated rings. The molecule has 4 heteroatoms. The first-order valence-electron chi connectivity index (χ1n) is 10.4. The van der Waals surface area contributed by atoms with Crippen molar-refractivity contribution in [1.29, 1.82) is 0 Å². The minimum Gasteiger partial charge on any atom is -0.466 e. The van der Waals surface area contributed by atoms with Crippen molar-refractivity contribution >= 4 is 5.97 Å². The number of hydrogen-bond acceptors (Lipinski definition) is 4. The molecule has 3 aromatic rings. The van der Waals surface area contributed by atoms with Gasteiger partial charge < -0.3 is 9.84 Å². The van der Waals surface area contributed by atoms with E-state index in [1.54, 1.807) is 0 Å². The third-order valence-corrected chi connectivity index (χ3v) is 5.38. The summed E-state index contributed by atoms with van der Waals surface area (Å²) in [6.45, 7) is 5.08. The minimum atomic E-state index is -1.07. The fourth-order valence-electron chi connectivity index (χ4n) is 3.71. The van der Waals surface area contributed by atoms with Crippen molar-refractivity contribution in [2.45, 2.75) is 31.7 Å². The molecule has 3 rings (SSSR count). The van der Waals surface area contributed by atoms with Crippen LogP contribution in [0.5, 0.6) is 0 Å². The number of rotatable bonds is 10. The van der Waals surface area contributed by atoms with E-state index in [1.807, 2.05) is 66.7 Å². The smallest absolute Gasteiger partial charge is 0.335 e. The molecule has 0 spiro atoms. The SMILES string of the molecule is C=C(C(=O)OC)C(O)[C@H](Cc1ccccc1)N(Cc1ccccc1)Cc1ccccc1. The van der Waals surface area contributed by atoms with E-state index in [1.165, 1.54) is 7.11 Å². The monoisotopic (exact) mass is 415 g/mol. The van der Waals surface area contributed by atoms with Crippen molar-refractivity contribution in [3.63, 3.8) is 0 Å². The molecule has 0 aromatic heterocycles. The maximum Gasteiger partial charge on any atom is 0.335 e. The molecule has 1 N–H and O–H groups in total. The summed E-state index contributed by atoms with van der Waals surface area (Å²) in [6.07, 6.45) is -0.502. The second-order valence-electron chi connectivity index (χ2n) is 7.59. The van der Waals surface area contributed by atoms with Gasteiger partial charge in [-0.2, -0.15) is 0 Å². The van der Waals surface area contributed by atoms with Gasteiger partial charge >= 0.3 is 5.97 Å². The maximum atomic E-state index is 12.1. The summed E-state index contributed by atoms with van der Waals surface area (Å²) in [5, 5.41) is 11.2.